The Bertz CT molecular complexity index is 232. The lowest BCUT2D eigenvalue weighted by molar-refractivity contribution is -0.330. The maximum Gasteiger partial charge on any atom is 0.103 e. The normalized spacial score (nSPS) is 12.0. The summed E-state index contributed by atoms with van der Waals surface area (Å²) >= 11 is 0. The third-order valence-corrected chi connectivity index (χ3v) is 5.40. The highest BCUT2D eigenvalue weighted by Gasteiger charge is 2.29. The average molecular weight is 343 g/mol. The van der Waals surface area contributed by atoms with Gasteiger partial charge in [-0.15, -0.1) is 0 Å². The van der Waals surface area contributed by atoms with E-state index < -0.39 is 0 Å². The van der Waals surface area contributed by atoms with E-state index in [4.69, 9.17) is 4.89 Å². The molecule has 0 aliphatic carbocycles. The second-order valence-electron chi connectivity index (χ2n) is 7.77. The molecule has 0 rings (SSSR count). The maximum atomic E-state index is 9.49. The van der Waals surface area contributed by atoms with Gasteiger partial charge in [0.05, 0.1) is 0 Å². The Morgan fingerprint density at radius 3 is 1.21 bits per heavy atom. The monoisotopic (exact) mass is 342 g/mol. The maximum absolute atomic E-state index is 9.49. The second-order valence-corrected chi connectivity index (χ2v) is 7.77. The van der Waals surface area contributed by atoms with Gasteiger partial charge >= 0.3 is 0 Å². The molecule has 0 spiro atoms. The summed E-state index contributed by atoms with van der Waals surface area (Å²) in [6.07, 6.45) is 22.8. The highest BCUT2D eigenvalue weighted by Crippen LogP contribution is 2.31. The topological polar surface area (TPSA) is 29.5 Å². The molecule has 0 saturated heterocycles. The Morgan fingerprint density at radius 2 is 0.833 bits per heavy atom. The van der Waals surface area contributed by atoms with Crippen LogP contribution in [0.15, 0.2) is 0 Å². The third-order valence-electron chi connectivity index (χ3n) is 5.40. The van der Waals surface area contributed by atoms with Gasteiger partial charge in [0.2, 0.25) is 0 Å². The summed E-state index contributed by atoms with van der Waals surface area (Å²) in [5.74, 6) is 0. The summed E-state index contributed by atoms with van der Waals surface area (Å²) in [6.45, 7) is 6.70. The van der Waals surface area contributed by atoms with E-state index in [0.29, 0.717) is 0 Å². The summed E-state index contributed by atoms with van der Waals surface area (Å²) in [6, 6.07) is 0. The van der Waals surface area contributed by atoms with Crippen LogP contribution < -0.4 is 0 Å². The predicted octanol–water partition coefficient (Wildman–Crippen LogP) is 8.30. The van der Waals surface area contributed by atoms with Crippen molar-refractivity contribution in [2.75, 3.05) is 0 Å². The van der Waals surface area contributed by atoms with Crippen LogP contribution in [0.25, 0.3) is 0 Å². The quantitative estimate of drug-likeness (QED) is 0.145. The molecular formula is C22H46O2. The van der Waals surface area contributed by atoms with Gasteiger partial charge in [-0.2, -0.15) is 0 Å². The molecule has 24 heavy (non-hydrogen) atoms. The molecule has 2 nitrogen and oxygen atoms in total. The fourth-order valence-electron chi connectivity index (χ4n) is 3.62. The number of hydrogen-bond acceptors (Lipinski definition) is 2. The summed E-state index contributed by atoms with van der Waals surface area (Å²) in [5, 5.41) is 9.49. The Morgan fingerprint density at radius 1 is 0.500 bits per heavy atom. The molecule has 1 N–H and O–H groups in total. The van der Waals surface area contributed by atoms with E-state index in [2.05, 4.69) is 20.8 Å². The highest BCUT2D eigenvalue weighted by atomic mass is 17.1. The lowest BCUT2D eigenvalue weighted by Gasteiger charge is -2.30. The molecule has 0 aliphatic rings. The minimum Gasteiger partial charge on any atom is -0.251 e. The van der Waals surface area contributed by atoms with Crippen molar-refractivity contribution < 1.29 is 10.1 Å². The van der Waals surface area contributed by atoms with E-state index in [1.54, 1.807) is 0 Å². The van der Waals surface area contributed by atoms with E-state index in [1.807, 2.05) is 0 Å². The average Bonchev–Trinajstić information content (AvgIpc) is 2.61. The van der Waals surface area contributed by atoms with E-state index in [9.17, 15) is 5.26 Å². The highest BCUT2D eigenvalue weighted by molar-refractivity contribution is 4.79. The Hall–Kier alpha value is -0.0800. The summed E-state index contributed by atoms with van der Waals surface area (Å²) in [7, 11) is 0. The Labute approximate surface area is 152 Å². The zero-order chi connectivity index (χ0) is 17.9. The minimum atomic E-state index is -0.259. The fraction of sp³-hybridized carbons (Fsp3) is 1.00. The van der Waals surface area contributed by atoms with E-state index >= 15 is 0 Å². The van der Waals surface area contributed by atoms with Gasteiger partial charge in [-0.05, 0) is 19.3 Å². The van der Waals surface area contributed by atoms with Gasteiger partial charge in [0.25, 0.3) is 0 Å². The zero-order valence-corrected chi connectivity index (χ0v) is 17.1. The summed E-state index contributed by atoms with van der Waals surface area (Å²) in [4.78, 5) is 5.03. The van der Waals surface area contributed by atoms with Crippen LogP contribution in [0.4, 0.5) is 0 Å². The van der Waals surface area contributed by atoms with E-state index in [0.717, 1.165) is 32.1 Å². The first-order valence-electron chi connectivity index (χ1n) is 11.1. The van der Waals surface area contributed by atoms with Gasteiger partial charge < -0.3 is 0 Å². The van der Waals surface area contributed by atoms with Gasteiger partial charge in [-0.3, -0.25) is 5.26 Å². The molecule has 0 unspecified atom stereocenters. The largest absolute Gasteiger partial charge is 0.251 e. The first-order chi connectivity index (χ1) is 11.7. The van der Waals surface area contributed by atoms with Crippen LogP contribution in [0.2, 0.25) is 0 Å². The SMILES string of the molecule is CCCCCCCCCCCCCC(CCCC)(CCCC)OO. The molecule has 0 aliphatic heterocycles. The molecule has 0 bridgehead atoms. The van der Waals surface area contributed by atoms with Crippen molar-refractivity contribution in [3.63, 3.8) is 0 Å². The van der Waals surface area contributed by atoms with Crippen molar-refractivity contribution in [1.82, 2.24) is 0 Å². The first kappa shape index (κ1) is 23.9. The van der Waals surface area contributed by atoms with Crippen molar-refractivity contribution in [2.24, 2.45) is 0 Å². The number of rotatable bonds is 19. The van der Waals surface area contributed by atoms with E-state index in [1.165, 1.54) is 83.5 Å². The van der Waals surface area contributed by atoms with Crippen molar-refractivity contribution in [2.45, 2.75) is 142 Å². The van der Waals surface area contributed by atoms with Crippen molar-refractivity contribution in [1.29, 1.82) is 0 Å². The second kappa shape index (κ2) is 17.7. The Kier molecular flexibility index (Phi) is 17.7. The van der Waals surface area contributed by atoms with Crippen LogP contribution in [-0.2, 0) is 4.89 Å². The van der Waals surface area contributed by atoms with Crippen LogP contribution in [0.3, 0.4) is 0 Å². The third kappa shape index (κ3) is 13.2. The van der Waals surface area contributed by atoms with Crippen molar-refractivity contribution in [3.8, 4) is 0 Å². The molecule has 146 valence electrons. The first-order valence-corrected chi connectivity index (χ1v) is 11.1. The summed E-state index contributed by atoms with van der Waals surface area (Å²) in [5.41, 5.74) is -0.259. The minimum absolute atomic E-state index is 0.259. The molecular weight excluding hydrogens is 296 g/mol. The number of hydrogen-bond donors (Lipinski definition) is 1. The Balaban J connectivity index is 3.71. The van der Waals surface area contributed by atoms with Crippen LogP contribution >= 0.6 is 0 Å². The lowest BCUT2D eigenvalue weighted by Crippen LogP contribution is -2.31. The van der Waals surface area contributed by atoms with Gasteiger partial charge in [-0.25, -0.2) is 4.89 Å². The lowest BCUT2D eigenvalue weighted by atomic mass is 9.85. The van der Waals surface area contributed by atoms with Gasteiger partial charge in [0, 0.05) is 0 Å². The van der Waals surface area contributed by atoms with Crippen molar-refractivity contribution >= 4 is 0 Å². The molecule has 0 saturated carbocycles. The number of unbranched alkanes of at least 4 members (excludes halogenated alkanes) is 12. The molecule has 0 radical (unpaired) electrons. The molecule has 2 heteroatoms. The van der Waals surface area contributed by atoms with Crippen LogP contribution in [0.5, 0.6) is 0 Å². The smallest absolute Gasteiger partial charge is 0.103 e. The van der Waals surface area contributed by atoms with Crippen molar-refractivity contribution in [3.05, 3.63) is 0 Å². The standard InChI is InChI=1S/C22H46O2/c1-4-7-10-11-12-13-14-15-16-17-18-21-22(24-23,19-8-5-2)20-9-6-3/h23H,4-21H2,1-3H3. The fourth-order valence-corrected chi connectivity index (χ4v) is 3.62. The molecule has 0 heterocycles. The zero-order valence-electron chi connectivity index (χ0n) is 17.1. The molecule has 0 aromatic heterocycles. The molecule has 0 atom stereocenters. The molecule has 0 fully saturated rings. The molecule has 0 aromatic rings. The molecule has 0 amide bonds. The van der Waals surface area contributed by atoms with Crippen LogP contribution in [-0.4, -0.2) is 10.9 Å². The summed E-state index contributed by atoms with van der Waals surface area (Å²) < 4.78 is 0. The van der Waals surface area contributed by atoms with E-state index in [-0.39, 0.29) is 5.60 Å². The van der Waals surface area contributed by atoms with Gasteiger partial charge in [-0.1, -0.05) is 117 Å². The van der Waals surface area contributed by atoms with Crippen LogP contribution in [0.1, 0.15) is 136 Å². The van der Waals surface area contributed by atoms with Gasteiger partial charge in [0.15, 0.2) is 0 Å². The molecule has 0 aromatic carbocycles. The van der Waals surface area contributed by atoms with Crippen LogP contribution in [0, 0.1) is 0 Å². The van der Waals surface area contributed by atoms with Gasteiger partial charge in [0.1, 0.15) is 5.60 Å². The predicted molar refractivity (Wildman–Crippen MR) is 107 cm³/mol.